The first-order valence-corrected chi connectivity index (χ1v) is 10.4. The number of hydrogen-bond acceptors (Lipinski definition) is 5. The number of amides is 2. The molecule has 2 amide bonds. The summed E-state index contributed by atoms with van der Waals surface area (Å²) in [5.74, 6) is -1.02. The minimum absolute atomic E-state index is 0.0697. The second-order valence-electron chi connectivity index (χ2n) is 6.06. The van der Waals surface area contributed by atoms with Gasteiger partial charge in [0, 0.05) is 22.6 Å². The molecule has 2 aromatic carbocycles. The maximum absolute atomic E-state index is 12.6. The number of nitrogens with one attached hydrogen (secondary N) is 1. The van der Waals surface area contributed by atoms with Crippen molar-refractivity contribution < 1.29 is 19.1 Å². The average molecular weight is 476 g/mol. The topological polar surface area (TPSA) is 89.8 Å². The summed E-state index contributed by atoms with van der Waals surface area (Å²) in [5.41, 5.74) is 1.78. The molecule has 0 fully saturated rings. The Morgan fingerprint density at radius 1 is 1.17 bits per heavy atom. The highest BCUT2D eigenvalue weighted by Gasteiger charge is 2.13. The van der Waals surface area contributed by atoms with Crippen LogP contribution >= 0.6 is 27.3 Å². The molecule has 7 nitrogen and oxygen atoms in total. The molecule has 0 saturated heterocycles. The highest BCUT2D eigenvalue weighted by Crippen LogP contribution is 2.22. The van der Waals surface area contributed by atoms with E-state index in [0.29, 0.717) is 16.1 Å². The summed E-state index contributed by atoms with van der Waals surface area (Å²) in [6, 6.07) is 12.2. The van der Waals surface area contributed by atoms with Crippen molar-refractivity contribution in [3.05, 3.63) is 57.3 Å². The molecule has 0 aliphatic carbocycles. The monoisotopic (exact) mass is 475 g/mol. The molecule has 29 heavy (non-hydrogen) atoms. The number of halogens is 1. The Bertz CT molecular complexity index is 1150. The zero-order chi connectivity index (χ0) is 21.0. The van der Waals surface area contributed by atoms with Crippen molar-refractivity contribution in [3.63, 3.8) is 0 Å². The Kier molecular flexibility index (Phi) is 6.60. The van der Waals surface area contributed by atoms with Gasteiger partial charge in [-0.05, 0) is 49.4 Å². The van der Waals surface area contributed by atoms with Crippen LogP contribution in [-0.2, 0) is 20.9 Å². The van der Waals surface area contributed by atoms with Crippen LogP contribution in [0.5, 0.6) is 0 Å². The van der Waals surface area contributed by atoms with Crippen molar-refractivity contribution in [2.75, 3.05) is 11.9 Å². The third-order valence-corrected chi connectivity index (χ3v) is 5.45. The summed E-state index contributed by atoms with van der Waals surface area (Å²) in [6.45, 7) is 3.35. The molecular weight excluding hydrogens is 458 g/mol. The second-order valence-corrected chi connectivity index (χ2v) is 7.99. The molecule has 1 N–H and O–H groups in total. The van der Waals surface area contributed by atoms with Crippen LogP contribution in [0.15, 0.2) is 51.9 Å². The number of benzene rings is 2. The van der Waals surface area contributed by atoms with E-state index in [1.54, 1.807) is 54.0 Å². The molecule has 0 aliphatic heterocycles. The highest BCUT2D eigenvalue weighted by molar-refractivity contribution is 9.10. The summed E-state index contributed by atoms with van der Waals surface area (Å²) < 4.78 is 8.34. The SMILES string of the molecule is CCOC(=O)Cn1c(=NC(=O)c2ccc(Br)cc2)sc2cc(NC(C)=O)ccc21. The zero-order valence-corrected chi connectivity index (χ0v) is 18.2. The lowest BCUT2D eigenvalue weighted by atomic mass is 10.2. The summed E-state index contributed by atoms with van der Waals surface area (Å²) in [6.07, 6.45) is 0. The molecule has 0 aliphatic rings. The molecule has 3 aromatic rings. The van der Waals surface area contributed by atoms with Crippen LogP contribution in [0, 0.1) is 0 Å². The van der Waals surface area contributed by atoms with E-state index in [1.807, 2.05) is 0 Å². The number of hydrogen-bond donors (Lipinski definition) is 1. The van der Waals surface area contributed by atoms with Gasteiger partial charge >= 0.3 is 5.97 Å². The van der Waals surface area contributed by atoms with Gasteiger partial charge in [-0.2, -0.15) is 4.99 Å². The molecule has 0 bridgehead atoms. The Labute approximate surface area is 179 Å². The largest absolute Gasteiger partial charge is 0.465 e. The molecule has 0 atom stereocenters. The highest BCUT2D eigenvalue weighted by atomic mass is 79.9. The number of rotatable bonds is 5. The maximum atomic E-state index is 12.6. The van der Waals surface area contributed by atoms with Gasteiger partial charge in [0.1, 0.15) is 6.54 Å². The molecule has 3 rings (SSSR count). The van der Waals surface area contributed by atoms with E-state index in [0.717, 1.165) is 14.7 Å². The normalized spacial score (nSPS) is 11.5. The van der Waals surface area contributed by atoms with Gasteiger partial charge in [-0.3, -0.25) is 14.4 Å². The number of anilines is 1. The predicted molar refractivity (Wildman–Crippen MR) is 115 cm³/mol. The van der Waals surface area contributed by atoms with E-state index >= 15 is 0 Å². The minimum atomic E-state index is -0.421. The van der Waals surface area contributed by atoms with Crippen molar-refractivity contribution in [2.45, 2.75) is 20.4 Å². The van der Waals surface area contributed by atoms with Crippen molar-refractivity contribution in [1.29, 1.82) is 0 Å². The lowest BCUT2D eigenvalue weighted by molar-refractivity contribution is -0.143. The van der Waals surface area contributed by atoms with Crippen LogP contribution in [0.2, 0.25) is 0 Å². The Morgan fingerprint density at radius 2 is 1.90 bits per heavy atom. The van der Waals surface area contributed by atoms with E-state index in [4.69, 9.17) is 4.74 Å². The van der Waals surface area contributed by atoms with Gasteiger partial charge in [-0.15, -0.1) is 0 Å². The van der Waals surface area contributed by atoms with Gasteiger partial charge in [0.25, 0.3) is 5.91 Å². The Balaban J connectivity index is 2.09. The first-order valence-electron chi connectivity index (χ1n) is 8.78. The van der Waals surface area contributed by atoms with E-state index in [-0.39, 0.29) is 19.1 Å². The third-order valence-electron chi connectivity index (χ3n) is 3.88. The third kappa shape index (κ3) is 5.18. The Hall–Kier alpha value is -2.78. The summed E-state index contributed by atoms with van der Waals surface area (Å²) in [4.78, 5) is 40.6. The quantitative estimate of drug-likeness (QED) is 0.569. The van der Waals surface area contributed by atoms with E-state index < -0.39 is 11.9 Å². The maximum Gasteiger partial charge on any atom is 0.326 e. The summed E-state index contributed by atoms with van der Waals surface area (Å²) >= 11 is 4.60. The van der Waals surface area contributed by atoms with Crippen molar-refractivity contribution >= 4 is 61.0 Å². The van der Waals surface area contributed by atoms with Crippen molar-refractivity contribution in [1.82, 2.24) is 4.57 Å². The summed E-state index contributed by atoms with van der Waals surface area (Å²) in [7, 11) is 0. The summed E-state index contributed by atoms with van der Waals surface area (Å²) in [5, 5.41) is 2.72. The van der Waals surface area contributed by atoms with Gasteiger partial charge in [0.05, 0.1) is 16.8 Å². The molecule has 0 saturated carbocycles. The smallest absolute Gasteiger partial charge is 0.326 e. The van der Waals surface area contributed by atoms with E-state index in [2.05, 4.69) is 26.2 Å². The standard InChI is InChI=1S/C20H18BrN3O4S/c1-3-28-18(26)11-24-16-9-8-15(22-12(2)25)10-17(16)29-20(24)23-19(27)13-4-6-14(21)7-5-13/h4-10H,3,11H2,1-2H3,(H,22,25). The molecule has 1 heterocycles. The fraction of sp³-hybridized carbons (Fsp3) is 0.200. The van der Waals surface area contributed by atoms with Gasteiger partial charge in [-0.1, -0.05) is 27.3 Å². The van der Waals surface area contributed by atoms with Gasteiger partial charge in [0.15, 0.2) is 4.80 Å². The van der Waals surface area contributed by atoms with Crippen LogP contribution < -0.4 is 10.1 Å². The second kappa shape index (κ2) is 9.15. The average Bonchev–Trinajstić information content (AvgIpc) is 2.98. The number of aromatic nitrogens is 1. The molecule has 150 valence electrons. The number of nitrogens with zero attached hydrogens (tertiary/aromatic N) is 2. The molecule has 0 spiro atoms. The first kappa shape index (κ1) is 20.9. The first-order chi connectivity index (χ1) is 13.9. The number of carbonyl (C=O) groups is 3. The van der Waals surface area contributed by atoms with Crippen LogP contribution in [-0.4, -0.2) is 29.0 Å². The molecule has 9 heteroatoms. The van der Waals surface area contributed by atoms with Gasteiger partial charge < -0.3 is 14.6 Å². The molecular formula is C20H18BrN3O4S. The van der Waals surface area contributed by atoms with Gasteiger partial charge in [-0.25, -0.2) is 0 Å². The minimum Gasteiger partial charge on any atom is -0.465 e. The Morgan fingerprint density at radius 3 is 2.55 bits per heavy atom. The van der Waals surface area contributed by atoms with Crippen LogP contribution in [0.4, 0.5) is 5.69 Å². The predicted octanol–water partition coefficient (Wildman–Crippen LogP) is 3.73. The van der Waals surface area contributed by atoms with E-state index in [9.17, 15) is 14.4 Å². The lowest BCUT2D eigenvalue weighted by Gasteiger charge is -2.06. The van der Waals surface area contributed by atoms with Crippen molar-refractivity contribution in [3.8, 4) is 0 Å². The zero-order valence-electron chi connectivity index (χ0n) is 15.8. The number of ether oxygens (including phenoxy) is 1. The fourth-order valence-corrected chi connectivity index (χ4v) is 4.00. The van der Waals surface area contributed by atoms with Crippen LogP contribution in [0.1, 0.15) is 24.2 Å². The molecule has 1 aromatic heterocycles. The number of fused-ring (bicyclic) bond motifs is 1. The van der Waals surface area contributed by atoms with Gasteiger partial charge in [0.2, 0.25) is 5.91 Å². The molecule has 0 radical (unpaired) electrons. The van der Waals surface area contributed by atoms with E-state index in [1.165, 1.54) is 18.3 Å². The number of esters is 1. The fourth-order valence-electron chi connectivity index (χ4n) is 2.67. The van der Waals surface area contributed by atoms with Crippen LogP contribution in [0.25, 0.3) is 10.2 Å². The number of thiazole rings is 1. The number of carbonyl (C=O) groups excluding carboxylic acids is 3. The molecule has 0 unspecified atom stereocenters. The van der Waals surface area contributed by atoms with Crippen molar-refractivity contribution in [2.24, 2.45) is 4.99 Å². The lowest BCUT2D eigenvalue weighted by Crippen LogP contribution is -2.23. The van der Waals surface area contributed by atoms with Crippen LogP contribution in [0.3, 0.4) is 0 Å².